The summed E-state index contributed by atoms with van der Waals surface area (Å²) < 4.78 is 7.47. The monoisotopic (exact) mass is 301 g/mol. The largest absolute Gasteiger partial charge is 0.497 e. The summed E-state index contributed by atoms with van der Waals surface area (Å²) in [4.78, 5) is 5.80. The molecule has 3 rings (SSSR count). The number of fused-ring (bicyclic) bond motifs is 1. The summed E-state index contributed by atoms with van der Waals surface area (Å²) in [7, 11) is 1.67. The van der Waals surface area contributed by atoms with E-state index in [1.165, 1.54) is 4.88 Å². The Kier molecular flexibility index (Phi) is 3.84. The molecular formula is C16H19N3OS. The maximum absolute atomic E-state index is 6.20. The quantitative estimate of drug-likeness (QED) is 0.772. The summed E-state index contributed by atoms with van der Waals surface area (Å²) in [5.41, 5.74) is 8.13. The molecule has 4 nitrogen and oxygen atoms in total. The van der Waals surface area contributed by atoms with Crippen molar-refractivity contribution in [2.45, 2.75) is 25.8 Å². The molecule has 21 heavy (non-hydrogen) atoms. The minimum Gasteiger partial charge on any atom is -0.497 e. The molecule has 1 unspecified atom stereocenters. The highest BCUT2D eigenvalue weighted by molar-refractivity contribution is 7.10. The second-order valence-electron chi connectivity index (χ2n) is 5.01. The van der Waals surface area contributed by atoms with Gasteiger partial charge >= 0.3 is 0 Å². The number of nitrogens with zero attached hydrogens (tertiary/aromatic N) is 2. The summed E-state index contributed by atoms with van der Waals surface area (Å²) in [5, 5.41) is 2.11. The van der Waals surface area contributed by atoms with Crippen LogP contribution < -0.4 is 10.5 Å². The van der Waals surface area contributed by atoms with Crippen LogP contribution in [0.3, 0.4) is 0 Å². The van der Waals surface area contributed by atoms with E-state index in [9.17, 15) is 0 Å². The lowest BCUT2D eigenvalue weighted by molar-refractivity contribution is 0.415. The van der Waals surface area contributed by atoms with Gasteiger partial charge in [-0.15, -0.1) is 11.3 Å². The lowest BCUT2D eigenvalue weighted by Crippen LogP contribution is -2.12. The van der Waals surface area contributed by atoms with Crippen molar-refractivity contribution in [3.8, 4) is 5.75 Å². The smallest absolute Gasteiger partial charge is 0.201 e. The molecule has 5 heteroatoms. The molecule has 1 aromatic carbocycles. The molecule has 3 aromatic rings. The van der Waals surface area contributed by atoms with Crippen LogP contribution >= 0.6 is 11.3 Å². The molecule has 0 radical (unpaired) electrons. The van der Waals surface area contributed by atoms with E-state index >= 15 is 0 Å². The van der Waals surface area contributed by atoms with Gasteiger partial charge in [0.05, 0.1) is 24.2 Å². The first-order valence-electron chi connectivity index (χ1n) is 7.09. The molecule has 0 aliphatic heterocycles. The van der Waals surface area contributed by atoms with Gasteiger partial charge in [0.15, 0.2) is 0 Å². The van der Waals surface area contributed by atoms with Crippen molar-refractivity contribution in [2.24, 2.45) is 0 Å². The van der Waals surface area contributed by atoms with Crippen molar-refractivity contribution in [1.82, 2.24) is 9.55 Å². The zero-order valence-corrected chi connectivity index (χ0v) is 13.1. The van der Waals surface area contributed by atoms with Gasteiger partial charge in [0.1, 0.15) is 5.75 Å². The zero-order chi connectivity index (χ0) is 14.8. The van der Waals surface area contributed by atoms with Gasteiger partial charge in [-0.05, 0) is 30.0 Å². The van der Waals surface area contributed by atoms with Crippen molar-refractivity contribution in [3.63, 3.8) is 0 Å². The molecule has 0 aliphatic rings. The Balaban J connectivity index is 2.18. The third-order valence-corrected chi connectivity index (χ3v) is 4.64. The topological polar surface area (TPSA) is 53.1 Å². The van der Waals surface area contributed by atoms with Crippen LogP contribution in [0.4, 0.5) is 5.95 Å². The number of nitrogen functional groups attached to an aromatic ring is 1. The van der Waals surface area contributed by atoms with Gasteiger partial charge in [-0.2, -0.15) is 0 Å². The molecule has 0 aliphatic carbocycles. The van der Waals surface area contributed by atoms with Crippen LogP contribution in [0.5, 0.6) is 5.75 Å². The number of benzene rings is 1. The first kappa shape index (κ1) is 13.9. The van der Waals surface area contributed by atoms with Crippen molar-refractivity contribution < 1.29 is 4.74 Å². The lowest BCUT2D eigenvalue weighted by atomic mass is 10.1. The molecule has 2 aromatic heterocycles. The highest BCUT2D eigenvalue weighted by Gasteiger charge is 2.20. The van der Waals surface area contributed by atoms with Gasteiger partial charge in [-0.3, -0.25) is 0 Å². The average Bonchev–Trinajstić information content (AvgIpc) is 3.11. The second-order valence-corrected chi connectivity index (χ2v) is 5.99. The van der Waals surface area contributed by atoms with Crippen molar-refractivity contribution in [3.05, 3.63) is 40.6 Å². The number of aromatic nitrogens is 2. The number of thiophene rings is 1. The van der Waals surface area contributed by atoms with Crippen LogP contribution in [0.15, 0.2) is 35.7 Å². The number of hydrogen-bond acceptors (Lipinski definition) is 4. The summed E-state index contributed by atoms with van der Waals surface area (Å²) in [6.45, 7) is 2.19. The molecule has 110 valence electrons. The molecule has 2 N–H and O–H groups in total. The second kappa shape index (κ2) is 5.77. The van der Waals surface area contributed by atoms with Crippen LogP contribution in [0.25, 0.3) is 11.0 Å². The predicted molar refractivity (Wildman–Crippen MR) is 88.1 cm³/mol. The Morgan fingerprint density at radius 1 is 1.38 bits per heavy atom. The van der Waals surface area contributed by atoms with E-state index in [1.807, 2.05) is 18.2 Å². The van der Waals surface area contributed by atoms with Crippen molar-refractivity contribution in [2.75, 3.05) is 12.8 Å². The zero-order valence-electron chi connectivity index (χ0n) is 12.2. The number of methoxy groups -OCH3 is 1. The first-order chi connectivity index (χ1) is 10.2. The van der Waals surface area contributed by atoms with Crippen LogP contribution in [-0.4, -0.2) is 16.7 Å². The molecule has 0 spiro atoms. The highest BCUT2D eigenvalue weighted by Crippen LogP contribution is 2.34. The minimum absolute atomic E-state index is 0.229. The molecule has 2 heterocycles. The summed E-state index contributed by atoms with van der Waals surface area (Å²) in [5.74, 6) is 1.38. The fraction of sp³-hybridized carbons (Fsp3) is 0.312. The average molecular weight is 301 g/mol. The lowest BCUT2D eigenvalue weighted by Gasteiger charge is -2.19. The van der Waals surface area contributed by atoms with Gasteiger partial charge < -0.3 is 15.0 Å². The fourth-order valence-electron chi connectivity index (χ4n) is 2.70. The van der Waals surface area contributed by atoms with Crippen molar-refractivity contribution >= 4 is 28.3 Å². The minimum atomic E-state index is 0.229. The van der Waals surface area contributed by atoms with E-state index in [2.05, 4.69) is 34.0 Å². The molecule has 0 saturated heterocycles. The Morgan fingerprint density at radius 2 is 2.24 bits per heavy atom. The standard InChI is InChI=1S/C16H19N3OS/c1-3-5-13(15-6-4-9-21-15)19-14-10-11(20-2)7-8-12(14)18-16(19)17/h4,6-10,13H,3,5H2,1-2H3,(H2,17,18). The third kappa shape index (κ3) is 2.49. The van der Waals surface area contributed by atoms with E-state index in [1.54, 1.807) is 18.4 Å². The summed E-state index contributed by atoms with van der Waals surface area (Å²) in [6, 6.07) is 10.4. The Bertz CT molecular complexity index is 733. The molecular weight excluding hydrogens is 282 g/mol. The maximum Gasteiger partial charge on any atom is 0.201 e. The van der Waals surface area contributed by atoms with Gasteiger partial charge in [0, 0.05) is 10.9 Å². The van der Waals surface area contributed by atoms with E-state index in [-0.39, 0.29) is 6.04 Å². The SMILES string of the molecule is CCCC(c1cccs1)n1c(N)nc2ccc(OC)cc21. The normalized spacial score (nSPS) is 12.7. The van der Waals surface area contributed by atoms with Crippen molar-refractivity contribution in [1.29, 1.82) is 0 Å². The number of ether oxygens (including phenoxy) is 1. The van der Waals surface area contributed by atoms with E-state index in [0.717, 1.165) is 29.6 Å². The molecule has 1 atom stereocenters. The molecule has 0 saturated carbocycles. The van der Waals surface area contributed by atoms with Gasteiger partial charge in [0.2, 0.25) is 5.95 Å². The Morgan fingerprint density at radius 3 is 2.90 bits per heavy atom. The van der Waals surface area contributed by atoms with Crippen LogP contribution in [-0.2, 0) is 0 Å². The number of hydrogen-bond donors (Lipinski definition) is 1. The van der Waals surface area contributed by atoms with E-state index in [4.69, 9.17) is 10.5 Å². The Hall–Kier alpha value is -2.01. The Labute approximate surface area is 128 Å². The number of anilines is 1. The molecule has 0 bridgehead atoms. The summed E-state index contributed by atoms with van der Waals surface area (Å²) >= 11 is 1.76. The number of rotatable bonds is 5. The number of nitrogens with two attached hydrogens (primary N) is 1. The van der Waals surface area contributed by atoms with Crippen LogP contribution in [0, 0.1) is 0 Å². The van der Waals surface area contributed by atoms with Gasteiger partial charge in [-0.1, -0.05) is 19.4 Å². The highest BCUT2D eigenvalue weighted by atomic mass is 32.1. The third-order valence-electron chi connectivity index (χ3n) is 3.67. The van der Waals surface area contributed by atoms with Crippen LogP contribution in [0.1, 0.15) is 30.7 Å². The van der Waals surface area contributed by atoms with Gasteiger partial charge in [-0.25, -0.2) is 4.98 Å². The van der Waals surface area contributed by atoms with Gasteiger partial charge in [0.25, 0.3) is 0 Å². The first-order valence-corrected chi connectivity index (χ1v) is 7.97. The van der Waals surface area contributed by atoms with Crippen LogP contribution in [0.2, 0.25) is 0 Å². The number of imidazole rings is 1. The van der Waals surface area contributed by atoms with E-state index in [0.29, 0.717) is 5.95 Å². The molecule has 0 amide bonds. The fourth-order valence-corrected chi connectivity index (χ4v) is 3.55. The summed E-state index contributed by atoms with van der Waals surface area (Å²) in [6.07, 6.45) is 2.12. The maximum atomic E-state index is 6.20. The van der Waals surface area contributed by atoms with E-state index < -0.39 is 0 Å². The molecule has 0 fully saturated rings. The predicted octanol–water partition coefficient (Wildman–Crippen LogP) is 4.08.